The van der Waals surface area contributed by atoms with Crippen LogP contribution in [0.5, 0.6) is 5.75 Å². The lowest BCUT2D eigenvalue weighted by Crippen LogP contribution is -2.10. The van der Waals surface area contributed by atoms with E-state index in [0.29, 0.717) is 6.04 Å². The fourth-order valence-corrected chi connectivity index (χ4v) is 2.70. The third kappa shape index (κ3) is 4.01. The van der Waals surface area contributed by atoms with Crippen LogP contribution in [0.15, 0.2) is 46.9 Å². The van der Waals surface area contributed by atoms with Gasteiger partial charge in [0, 0.05) is 10.5 Å². The van der Waals surface area contributed by atoms with Crippen molar-refractivity contribution in [3.63, 3.8) is 0 Å². The van der Waals surface area contributed by atoms with E-state index in [-0.39, 0.29) is 0 Å². The summed E-state index contributed by atoms with van der Waals surface area (Å²) >= 11 is 3.59. The lowest BCUT2D eigenvalue weighted by atomic mass is 10.0. The normalized spacial score (nSPS) is 12.0. The SMILES string of the molecule is CCc1ccc(C(CC)Nc2cc(OC)ccc2Br)cc1. The minimum atomic E-state index is 0.291. The van der Waals surface area contributed by atoms with Crippen LogP contribution in [-0.4, -0.2) is 7.11 Å². The van der Waals surface area contributed by atoms with Crippen LogP contribution in [0, 0.1) is 0 Å². The molecule has 2 rings (SSSR count). The average Bonchev–Trinajstić information content (AvgIpc) is 2.54. The first-order chi connectivity index (χ1) is 10.2. The number of methoxy groups -OCH3 is 1. The first kappa shape index (κ1) is 15.9. The van der Waals surface area contributed by atoms with E-state index in [2.05, 4.69) is 59.4 Å². The molecule has 0 aliphatic carbocycles. The minimum absolute atomic E-state index is 0.291. The number of hydrogen-bond donors (Lipinski definition) is 1. The Hall–Kier alpha value is -1.48. The predicted molar refractivity (Wildman–Crippen MR) is 93.2 cm³/mol. The summed E-state index contributed by atoms with van der Waals surface area (Å²) in [4.78, 5) is 0. The number of aryl methyl sites for hydroxylation is 1. The van der Waals surface area contributed by atoms with E-state index >= 15 is 0 Å². The highest BCUT2D eigenvalue weighted by atomic mass is 79.9. The van der Waals surface area contributed by atoms with Gasteiger partial charge in [0.15, 0.2) is 0 Å². The van der Waals surface area contributed by atoms with Gasteiger partial charge in [0.2, 0.25) is 0 Å². The molecule has 0 aromatic heterocycles. The molecule has 3 heteroatoms. The Bertz CT molecular complexity index is 580. The number of nitrogens with one attached hydrogen (secondary N) is 1. The maximum absolute atomic E-state index is 5.30. The summed E-state index contributed by atoms with van der Waals surface area (Å²) in [6.45, 7) is 4.37. The Morgan fingerprint density at radius 3 is 2.38 bits per heavy atom. The summed E-state index contributed by atoms with van der Waals surface area (Å²) in [5.41, 5.74) is 3.74. The van der Waals surface area contributed by atoms with Gasteiger partial charge in [0.05, 0.1) is 18.8 Å². The zero-order valence-electron chi connectivity index (χ0n) is 12.8. The van der Waals surface area contributed by atoms with E-state index in [1.165, 1.54) is 11.1 Å². The number of halogens is 1. The monoisotopic (exact) mass is 347 g/mol. The highest BCUT2D eigenvalue weighted by molar-refractivity contribution is 9.10. The van der Waals surface area contributed by atoms with E-state index in [4.69, 9.17) is 4.74 Å². The molecule has 0 fully saturated rings. The molecule has 0 saturated heterocycles. The van der Waals surface area contributed by atoms with Crippen LogP contribution in [0.2, 0.25) is 0 Å². The van der Waals surface area contributed by atoms with Crippen LogP contribution in [-0.2, 0) is 6.42 Å². The number of hydrogen-bond acceptors (Lipinski definition) is 2. The second kappa shape index (κ2) is 7.51. The lowest BCUT2D eigenvalue weighted by Gasteiger charge is -2.20. The molecule has 112 valence electrons. The smallest absolute Gasteiger partial charge is 0.121 e. The van der Waals surface area contributed by atoms with Gasteiger partial charge in [-0.15, -0.1) is 0 Å². The van der Waals surface area contributed by atoms with Crippen LogP contribution in [0.1, 0.15) is 37.4 Å². The summed E-state index contributed by atoms with van der Waals surface area (Å²) in [6, 6.07) is 15.1. The molecule has 0 amide bonds. The molecule has 0 spiro atoms. The van der Waals surface area contributed by atoms with Crippen molar-refractivity contribution >= 4 is 21.6 Å². The number of rotatable bonds is 6. The molecule has 0 radical (unpaired) electrons. The molecule has 21 heavy (non-hydrogen) atoms. The van der Waals surface area contributed by atoms with E-state index in [9.17, 15) is 0 Å². The van der Waals surface area contributed by atoms with Crippen molar-refractivity contribution in [1.82, 2.24) is 0 Å². The van der Waals surface area contributed by atoms with E-state index in [1.54, 1.807) is 7.11 Å². The van der Waals surface area contributed by atoms with Crippen molar-refractivity contribution < 1.29 is 4.74 Å². The van der Waals surface area contributed by atoms with Crippen LogP contribution in [0.3, 0.4) is 0 Å². The molecule has 1 atom stereocenters. The van der Waals surface area contributed by atoms with Crippen molar-refractivity contribution in [2.45, 2.75) is 32.7 Å². The van der Waals surface area contributed by atoms with Crippen molar-refractivity contribution in [3.05, 3.63) is 58.1 Å². The van der Waals surface area contributed by atoms with E-state index in [1.807, 2.05) is 18.2 Å². The topological polar surface area (TPSA) is 21.3 Å². The van der Waals surface area contributed by atoms with Gasteiger partial charge in [0.25, 0.3) is 0 Å². The highest BCUT2D eigenvalue weighted by Gasteiger charge is 2.11. The predicted octanol–water partition coefficient (Wildman–Crippen LogP) is 5.58. The Labute approximate surface area is 135 Å². The molecule has 0 aliphatic rings. The average molecular weight is 348 g/mol. The number of ether oxygens (including phenoxy) is 1. The maximum Gasteiger partial charge on any atom is 0.121 e. The molecule has 2 nitrogen and oxygen atoms in total. The molecular weight excluding hydrogens is 326 g/mol. The first-order valence-corrected chi connectivity index (χ1v) is 8.16. The Morgan fingerprint density at radius 2 is 1.81 bits per heavy atom. The van der Waals surface area contributed by atoms with Gasteiger partial charge < -0.3 is 10.1 Å². The Morgan fingerprint density at radius 1 is 1.10 bits per heavy atom. The summed E-state index contributed by atoms with van der Waals surface area (Å²) in [5.74, 6) is 0.858. The lowest BCUT2D eigenvalue weighted by molar-refractivity contribution is 0.415. The van der Waals surface area contributed by atoms with Gasteiger partial charge in [-0.1, -0.05) is 38.1 Å². The zero-order valence-corrected chi connectivity index (χ0v) is 14.4. The van der Waals surface area contributed by atoms with Crippen LogP contribution < -0.4 is 10.1 Å². The fourth-order valence-electron chi connectivity index (χ4n) is 2.34. The molecule has 0 heterocycles. The standard InChI is InChI=1S/C18H22BrNO/c1-4-13-6-8-14(9-7-13)17(5-2)20-18-12-15(21-3)10-11-16(18)19/h6-12,17,20H,4-5H2,1-3H3. The second-order valence-electron chi connectivity index (χ2n) is 5.05. The Balaban J connectivity index is 2.21. The van der Waals surface area contributed by atoms with E-state index in [0.717, 1.165) is 28.8 Å². The van der Waals surface area contributed by atoms with Gasteiger partial charge >= 0.3 is 0 Å². The molecule has 0 saturated carbocycles. The summed E-state index contributed by atoms with van der Waals surface area (Å²) in [7, 11) is 1.69. The largest absolute Gasteiger partial charge is 0.497 e. The van der Waals surface area contributed by atoms with Crippen molar-refractivity contribution in [1.29, 1.82) is 0 Å². The van der Waals surface area contributed by atoms with Crippen LogP contribution >= 0.6 is 15.9 Å². The number of anilines is 1. The maximum atomic E-state index is 5.30. The van der Waals surface area contributed by atoms with Crippen molar-refractivity contribution in [3.8, 4) is 5.75 Å². The van der Waals surface area contributed by atoms with Gasteiger partial charge in [0.1, 0.15) is 5.75 Å². The quantitative estimate of drug-likeness (QED) is 0.735. The molecule has 0 aliphatic heterocycles. The summed E-state index contributed by atoms with van der Waals surface area (Å²) < 4.78 is 6.35. The Kier molecular flexibility index (Phi) is 5.68. The molecular formula is C18H22BrNO. The summed E-state index contributed by atoms with van der Waals surface area (Å²) in [6.07, 6.45) is 2.10. The fraction of sp³-hybridized carbons (Fsp3) is 0.333. The zero-order chi connectivity index (χ0) is 15.2. The van der Waals surface area contributed by atoms with Gasteiger partial charge in [-0.3, -0.25) is 0 Å². The highest BCUT2D eigenvalue weighted by Crippen LogP contribution is 2.31. The van der Waals surface area contributed by atoms with Crippen LogP contribution in [0.25, 0.3) is 0 Å². The second-order valence-corrected chi connectivity index (χ2v) is 5.90. The van der Waals surface area contributed by atoms with Crippen LogP contribution in [0.4, 0.5) is 5.69 Å². The molecule has 2 aromatic carbocycles. The van der Waals surface area contributed by atoms with Gasteiger partial charge in [-0.05, 0) is 52.0 Å². The molecule has 1 unspecified atom stereocenters. The van der Waals surface area contributed by atoms with Gasteiger partial charge in [-0.25, -0.2) is 0 Å². The third-order valence-corrected chi connectivity index (χ3v) is 4.39. The minimum Gasteiger partial charge on any atom is -0.497 e. The third-order valence-electron chi connectivity index (χ3n) is 3.70. The first-order valence-electron chi connectivity index (χ1n) is 7.36. The van der Waals surface area contributed by atoms with E-state index < -0.39 is 0 Å². The molecule has 2 aromatic rings. The van der Waals surface area contributed by atoms with Crippen molar-refractivity contribution in [2.75, 3.05) is 12.4 Å². The van der Waals surface area contributed by atoms with Crippen molar-refractivity contribution in [2.24, 2.45) is 0 Å². The molecule has 1 N–H and O–H groups in total. The number of benzene rings is 2. The molecule has 0 bridgehead atoms. The van der Waals surface area contributed by atoms with Gasteiger partial charge in [-0.2, -0.15) is 0 Å². The summed E-state index contributed by atoms with van der Waals surface area (Å²) in [5, 5.41) is 3.60.